The van der Waals surface area contributed by atoms with Crippen LogP contribution >= 0.6 is 0 Å². The number of nitrogen functional groups attached to an aromatic ring is 1. The third-order valence-electron chi connectivity index (χ3n) is 3.26. The molecule has 0 bridgehead atoms. The van der Waals surface area contributed by atoms with Gasteiger partial charge in [-0.15, -0.1) is 0 Å². The van der Waals surface area contributed by atoms with Gasteiger partial charge in [0.2, 0.25) is 0 Å². The number of rotatable bonds is 6. The summed E-state index contributed by atoms with van der Waals surface area (Å²) in [5.74, 6) is -0.0302. The molecule has 0 saturated carbocycles. The summed E-state index contributed by atoms with van der Waals surface area (Å²) in [7, 11) is 4.00. The number of nitrogens with one attached hydrogen (secondary N) is 1. The van der Waals surface area contributed by atoms with Crippen molar-refractivity contribution in [1.29, 1.82) is 0 Å². The third kappa shape index (κ3) is 4.36. The van der Waals surface area contributed by atoms with E-state index in [4.69, 9.17) is 5.73 Å². The molecule has 0 atom stereocenters. The number of nitrogens with zero attached hydrogens (tertiary/aromatic N) is 2. The molecule has 0 aliphatic heterocycles. The molecule has 2 aromatic rings. The Hall–Kier alpha value is -2.27. The molecule has 0 unspecified atom stereocenters. The number of aromatic amines is 1. The summed E-state index contributed by atoms with van der Waals surface area (Å²) >= 11 is 0. The Labute approximate surface area is 125 Å². The average molecular weight is 286 g/mol. The van der Waals surface area contributed by atoms with Crippen molar-refractivity contribution >= 4 is 11.6 Å². The third-order valence-corrected chi connectivity index (χ3v) is 3.26. The number of H-pyrrole nitrogens is 1. The number of hydrogen-bond acceptors (Lipinski definition) is 3. The number of likely N-dealkylation sites (N-methyl/N-ethyl adjacent to an activating group) is 1. The van der Waals surface area contributed by atoms with Gasteiger partial charge in [-0.05, 0) is 25.7 Å². The second kappa shape index (κ2) is 6.95. The summed E-state index contributed by atoms with van der Waals surface area (Å²) in [4.78, 5) is 19.4. The van der Waals surface area contributed by atoms with Crippen LogP contribution in [-0.4, -0.2) is 47.9 Å². The van der Waals surface area contributed by atoms with Gasteiger partial charge in [0.15, 0.2) is 0 Å². The van der Waals surface area contributed by atoms with Crippen molar-refractivity contribution in [3.8, 4) is 0 Å². The summed E-state index contributed by atoms with van der Waals surface area (Å²) in [6, 6.07) is 11.7. The molecule has 21 heavy (non-hydrogen) atoms. The summed E-state index contributed by atoms with van der Waals surface area (Å²) in [5, 5.41) is 0. The molecule has 1 heterocycles. The topological polar surface area (TPSA) is 65.4 Å². The van der Waals surface area contributed by atoms with Crippen molar-refractivity contribution in [3.05, 3.63) is 53.9 Å². The van der Waals surface area contributed by atoms with Gasteiger partial charge < -0.3 is 20.5 Å². The van der Waals surface area contributed by atoms with E-state index < -0.39 is 0 Å². The maximum absolute atomic E-state index is 12.6. The molecule has 5 heteroatoms. The van der Waals surface area contributed by atoms with Crippen LogP contribution in [0.15, 0.2) is 42.6 Å². The van der Waals surface area contributed by atoms with Gasteiger partial charge in [-0.2, -0.15) is 0 Å². The largest absolute Gasteiger partial charge is 0.397 e. The molecular formula is C16H22N4O. The van der Waals surface area contributed by atoms with Crippen molar-refractivity contribution in [3.63, 3.8) is 0 Å². The Kier molecular flexibility index (Phi) is 5.00. The van der Waals surface area contributed by atoms with Crippen LogP contribution in [0.2, 0.25) is 0 Å². The first-order chi connectivity index (χ1) is 10.1. The van der Waals surface area contributed by atoms with Crippen LogP contribution in [0, 0.1) is 0 Å². The molecule has 0 aliphatic carbocycles. The molecule has 3 N–H and O–H groups in total. The number of anilines is 1. The van der Waals surface area contributed by atoms with Gasteiger partial charge in [0, 0.05) is 31.5 Å². The standard InChI is InChI=1S/C16H22N4O/c1-19(2)8-9-20(12-13-6-4-3-5-7-13)16(21)15-10-14(17)11-18-15/h3-7,10-11,18H,8-9,12,17H2,1-2H3. The lowest BCUT2D eigenvalue weighted by molar-refractivity contribution is 0.0727. The molecule has 1 aromatic heterocycles. The molecule has 1 aromatic carbocycles. The van der Waals surface area contributed by atoms with Crippen LogP contribution in [0.25, 0.3) is 0 Å². The molecule has 0 fully saturated rings. The molecule has 112 valence electrons. The van der Waals surface area contributed by atoms with E-state index in [9.17, 15) is 4.79 Å². The molecule has 0 spiro atoms. The van der Waals surface area contributed by atoms with Gasteiger partial charge >= 0.3 is 0 Å². The van der Waals surface area contributed by atoms with Crippen LogP contribution < -0.4 is 5.73 Å². The Morgan fingerprint density at radius 1 is 1.19 bits per heavy atom. The smallest absolute Gasteiger partial charge is 0.270 e. The molecular weight excluding hydrogens is 264 g/mol. The maximum Gasteiger partial charge on any atom is 0.270 e. The van der Waals surface area contributed by atoms with Gasteiger partial charge in [-0.1, -0.05) is 30.3 Å². The van der Waals surface area contributed by atoms with E-state index in [1.165, 1.54) is 0 Å². The number of hydrogen-bond donors (Lipinski definition) is 2. The van der Waals surface area contributed by atoms with E-state index in [0.717, 1.165) is 12.1 Å². The summed E-state index contributed by atoms with van der Waals surface area (Å²) < 4.78 is 0. The number of nitrogens with two attached hydrogens (primary N) is 1. The van der Waals surface area contributed by atoms with Gasteiger partial charge in [0.05, 0.1) is 0 Å². The Balaban J connectivity index is 2.13. The normalized spacial score (nSPS) is 10.8. The number of carbonyl (C=O) groups is 1. The van der Waals surface area contributed by atoms with Crippen LogP contribution in [0.1, 0.15) is 16.1 Å². The molecule has 1 amide bonds. The average Bonchev–Trinajstić information content (AvgIpc) is 2.90. The number of carbonyl (C=O) groups excluding carboxylic acids is 1. The van der Waals surface area contributed by atoms with Gasteiger partial charge in [0.25, 0.3) is 5.91 Å². The highest BCUT2D eigenvalue weighted by Gasteiger charge is 2.17. The van der Waals surface area contributed by atoms with E-state index in [2.05, 4.69) is 9.88 Å². The highest BCUT2D eigenvalue weighted by molar-refractivity contribution is 5.93. The Bertz CT molecular complexity index is 577. The fourth-order valence-corrected chi connectivity index (χ4v) is 2.08. The Morgan fingerprint density at radius 3 is 2.48 bits per heavy atom. The first kappa shape index (κ1) is 15.1. The predicted octanol–water partition coefficient (Wildman–Crippen LogP) is 1.80. The molecule has 0 aliphatic rings. The monoisotopic (exact) mass is 286 g/mol. The van der Waals surface area contributed by atoms with Crippen LogP contribution in [0.5, 0.6) is 0 Å². The Morgan fingerprint density at radius 2 is 1.90 bits per heavy atom. The van der Waals surface area contributed by atoms with Crippen molar-refractivity contribution in [2.24, 2.45) is 0 Å². The van der Waals surface area contributed by atoms with Crippen LogP contribution in [-0.2, 0) is 6.54 Å². The minimum absolute atomic E-state index is 0.0302. The molecule has 0 radical (unpaired) electrons. The summed E-state index contributed by atoms with van der Waals surface area (Å²) in [6.45, 7) is 2.07. The summed E-state index contributed by atoms with van der Waals surface area (Å²) in [6.07, 6.45) is 1.64. The summed E-state index contributed by atoms with van der Waals surface area (Å²) in [5.41, 5.74) is 7.90. The minimum Gasteiger partial charge on any atom is -0.397 e. The fraction of sp³-hybridized carbons (Fsp3) is 0.312. The minimum atomic E-state index is -0.0302. The first-order valence-corrected chi connectivity index (χ1v) is 6.98. The maximum atomic E-state index is 12.6. The van der Waals surface area contributed by atoms with Gasteiger partial charge in [-0.3, -0.25) is 4.79 Å². The van der Waals surface area contributed by atoms with E-state index in [0.29, 0.717) is 24.5 Å². The molecule has 5 nitrogen and oxygen atoms in total. The van der Waals surface area contributed by atoms with Crippen molar-refractivity contribution in [2.45, 2.75) is 6.54 Å². The first-order valence-electron chi connectivity index (χ1n) is 6.98. The highest BCUT2D eigenvalue weighted by Crippen LogP contribution is 2.11. The van der Waals surface area contributed by atoms with E-state index >= 15 is 0 Å². The SMILES string of the molecule is CN(C)CCN(Cc1ccccc1)C(=O)c1cc(N)c[nH]1. The van der Waals surface area contributed by atoms with E-state index in [1.54, 1.807) is 12.3 Å². The lowest BCUT2D eigenvalue weighted by Crippen LogP contribution is -2.36. The van der Waals surface area contributed by atoms with E-state index in [1.807, 2.05) is 49.3 Å². The lowest BCUT2D eigenvalue weighted by Gasteiger charge is -2.24. The zero-order chi connectivity index (χ0) is 15.2. The van der Waals surface area contributed by atoms with Crippen molar-refractivity contribution in [1.82, 2.24) is 14.8 Å². The second-order valence-electron chi connectivity index (χ2n) is 5.36. The second-order valence-corrected chi connectivity index (χ2v) is 5.36. The molecule has 0 saturated heterocycles. The predicted molar refractivity (Wildman–Crippen MR) is 84.9 cm³/mol. The van der Waals surface area contributed by atoms with Crippen molar-refractivity contribution < 1.29 is 4.79 Å². The lowest BCUT2D eigenvalue weighted by atomic mass is 10.2. The van der Waals surface area contributed by atoms with E-state index in [-0.39, 0.29) is 5.91 Å². The number of amides is 1. The fourth-order valence-electron chi connectivity index (χ4n) is 2.08. The van der Waals surface area contributed by atoms with Crippen LogP contribution in [0.3, 0.4) is 0 Å². The number of aromatic nitrogens is 1. The zero-order valence-electron chi connectivity index (χ0n) is 12.5. The van der Waals surface area contributed by atoms with Gasteiger partial charge in [-0.25, -0.2) is 0 Å². The highest BCUT2D eigenvalue weighted by atomic mass is 16.2. The van der Waals surface area contributed by atoms with Gasteiger partial charge in [0.1, 0.15) is 5.69 Å². The zero-order valence-corrected chi connectivity index (χ0v) is 12.5. The quantitative estimate of drug-likeness (QED) is 0.851. The number of benzene rings is 1. The van der Waals surface area contributed by atoms with Crippen LogP contribution in [0.4, 0.5) is 5.69 Å². The molecule has 2 rings (SSSR count). The van der Waals surface area contributed by atoms with Crippen molar-refractivity contribution in [2.75, 3.05) is 32.9 Å².